The summed E-state index contributed by atoms with van der Waals surface area (Å²) in [5, 5.41) is 11.6. The van der Waals surface area contributed by atoms with E-state index in [0.717, 1.165) is 18.5 Å². The molecule has 0 bridgehead atoms. The van der Waals surface area contributed by atoms with Gasteiger partial charge in [-0.1, -0.05) is 11.3 Å². The Labute approximate surface area is 153 Å². The van der Waals surface area contributed by atoms with Crippen LogP contribution in [0.5, 0.6) is 0 Å². The van der Waals surface area contributed by atoms with Crippen molar-refractivity contribution in [3.8, 4) is 0 Å². The van der Waals surface area contributed by atoms with E-state index in [0.29, 0.717) is 29.0 Å². The fourth-order valence-electron chi connectivity index (χ4n) is 3.04. The highest BCUT2D eigenvalue weighted by molar-refractivity contribution is 7.13. The van der Waals surface area contributed by atoms with Gasteiger partial charge in [0.05, 0.1) is 17.9 Å². The summed E-state index contributed by atoms with van der Waals surface area (Å²) in [5.74, 6) is 1.15. The first-order valence-electron chi connectivity index (χ1n) is 8.16. The molecule has 1 saturated heterocycles. The first-order valence-corrected chi connectivity index (χ1v) is 9.04. The zero-order valence-corrected chi connectivity index (χ0v) is 14.8. The number of carbonyl (C=O) groups is 1. The molecule has 4 heterocycles. The standard InChI is InChI=1S/C16H16N8OS/c1-10-20-11(7-14(21-10)22-16-23-19-9-26-16)13-3-2-6-24(13)15(25)12-8-17-4-5-18-12/h4-5,7-9,13H,2-3,6H2,1H3,(H,20,21,22,23). The summed E-state index contributed by atoms with van der Waals surface area (Å²) < 4.78 is 0. The van der Waals surface area contributed by atoms with E-state index in [9.17, 15) is 4.79 Å². The van der Waals surface area contributed by atoms with Crippen molar-refractivity contribution in [3.05, 3.63) is 47.4 Å². The number of aromatic nitrogens is 6. The van der Waals surface area contributed by atoms with E-state index < -0.39 is 0 Å². The van der Waals surface area contributed by atoms with Crippen LogP contribution in [0.4, 0.5) is 10.9 Å². The molecule has 4 rings (SSSR count). The Hall–Kier alpha value is -3.01. The van der Waals surface area contributed by atoms with Crippen LogP contribution in [0.1, 0.15) is 40.9 Å². The number of nitrogens with one attached hydrogen (secondary N) is 1. The quantitative estimate of drug-likeness (QED) is 0.746. The predicted octanol–water partition coefficient (Wildman–Crippen LogP) is 2.15. The minimum absolute atomic E-state index is 0.110. The first-order chi connectivity index (χ1) is 12.7. The number of aryl methyl sites for hydroxylation is 1. The van der Waals surface area contributed by atoms with Crippen molar-refractivity contribution in [3.63, 3.8) is 0 Å². The number of nitrogens with zero attached hydrogens (tertiary/aromatic N) is 7. The highest BCUT2D eigenvalue weighted by atomic mass is 32.1. The number of hydrogen-bond acceptors (Lipinski definition) is 9. The molecule has 1 aliphatic heterocycles. The Morgan fingerprint density at radius 3 is 3.04 bits per heavy atom. The average molecular weight is 368 g/mol. The lowest BCUT2D eigenvalue weighted by Gasteiger charge is -2.24. The summed E-state index contributed by atoms with van der Waals surface area (Å²) in [4.78, 5) is 31.7. The van der Waals surface area contributed by atoms with E-state index >= 15 is 0 Å². The van der Waals surface area contributed by atoms with Crippen molar-refractivity contribution < 1.29 is 4.79 Å². The lowest BCUT2D eigenvalue weighted by atomic mass is 10.1. The molecule has 1 N–H and O–H groups in total. The number of anilines is 2. The fourth-order valence-corrected chi connectivity index (χ4v) is 3.49. The second-order valence-electron chi connectivity index (χ2n) is 5.84. The topological polar surface area (TPSA) is 110 Å². The van der Waals surface area contributed by atoms with Gasteiger partial charge in [0.25, 0.3) is 5.91 Å². The molecule has 1 amide bonds. The Morgan fingerprint density at radius 2 is 2.27 bits per heavy atom. The zero-order chi connectivity index (χ0) is 17.9. The fraction of sp³-hybridized carbons (Fsp3) is 0.312. The van der Waals surface area contributed by atoms with Gasteiger partial charge >= 0.3 is 0 Å². The van der Waals surface area contributed by atoms with Crippen molar-refractivity contribution in [2.45, 2.75) is 25.8 Å². The molecule has 0 aromatic carbocycles. The summed E-state index contributed by atoms with van der Waals surface area (Å²) in [6.45, 7) is 2.50. The Balaban J connectivity index is 1.61. The summed E-state index contributed by atoms with van der Waals surface area (Å²) in [6.07, 6.45) is 6.33. The SMILES string of the molecule is Cc1nc(Nc2nncs2)cc(C2CCCN2C(=O)c2cnccn2)n1. The monoisotopic (exact) mass is 368 g/mol. The Bertz CT molecular complexity index is 902. The third-order valence-electron chi connectivity index (χ3n) is 4.09. The van der Waals surface area contributed by atoms with Crippen LogP contribution in [0, 0.1) is 6.92 Å². The number of rotatable bonds is 4. The van der Waals surface area contributed by atoms with Gasteiger partial charge < -0.3 is 10.2 Å². The van der Waals surface area contributed by atoms with E-state index in [1.807, 2.05) is 13.0 Å². The second kappa shape index (κ2) is 7.08. The van der Waals surface area contributed by atoms with Gasteiger partial charge in [-0.25, -0.2) is 15.0 Å². The van der Waals surface area contributed by atoms with Crippen LogP contribution in [-0.4, -0.2) is 47.5 Å². The molecule has 0 saturated carbocycles. The Morgan fingerprint density at radius 1 is 1.35 bits per heavy atom. The van der Waals surface area contributed by atoms with Crippen LogP contribution in [0.2, 0.25) is 0 Å². The van der Waals surface area contributed by atoms with Crippen LogP contribution in [-0.2, 0) is 0 Å². The van der Waals surface area contributed by atoms with Crippen LogP contribution in [0.25, 0.3) is 0 Å². The normalized spacial score (nSPS) is 16.7. The summed E-state index contributed by atoms with van der Waals surface area (Å²) >= 11 is 1.39. The molecular weight excluding hydrogens is 352 g/mol. The molecule has 3 aromatic rings. The smallest absolute Gasteiger partial charge is 0.274 e. The molecule has 0 aliphatic carbocycles. The maximum atomic E-state index is 12.8. The van der Waals surface area contributed by atoms with E-state index in [-0.39, 0.29) is 11.9 Å². The van der Waals surface area contributed by atoms with Crippen LogP contribution in [0.3, 0.4) is 0 Å². The van der Waals surface area contributed by atoms with Gasteiger partial charge in [0.1, 0.15) is 22.8 Å². The molecule has 1 unspecified atom stereocenters. The molecule has 9 nitrogen and oxygen atoms in total. The van der Waals surface area contributed by atoms with Gasteiger partial charge in [0.15, 0.2) is 0 Å². The van der Waals surface area contributed by atoms with E-state index in [4.69, 9.17) is 0 Å². The summed E-state index contributed by atoms with van der Waals surface area (Å²) in [6, 6.07) is 1.75. The zero-order valence-electron chi connectivity index (χ0n) is 14.0. The molecular formula is C16H16N8OS. The number of hydrogen-bond donors (Lipinski definition) is 1. The molecule has 1 fully saturated rings. The largest absolute Gasteiger partial charge is 0.329 e. The molecule has 0 spiro atoms. The molecule has 26 heavy (non-hydrogen) atoms. The van der Waals surface area contributed by atoms with Crippen LogP contribution >= 0.6 is 11.3 Å². The highest BCUT2D eigenvalue weighted by Crippen LogP contribution is 2.33. The molecule has 1 aliphatic rings. The average Bonchev–Trinajstić information content (AvgIpc) is 3.33. The molecule has 1 atom stereocenters. The van der Waals surface area contributed by atoms with E-state index in [2.05, 4.69) is 35.5 Å². The minimum Gasteiger partial charge on any atom is -0.329 e. The van der Waals surface area contributed by atoms with Crippen molar-refractivity contribution in [1.29, 1.82) is 0 Å². The number of amides is 1. The second-order valence-corrected chi connectivity index (χ2v) is 6.67. The van der Waals surface area contributed by atoms with E-state index in [1.54, 1.807) is 16.6 Å². The Kier molecular flexibility index (Phi) is 4.48. The molecule has 132 valence electrons. The third kappa shape index (κ3) is 3.36. The molecule has 10 heteroatoms. The predicted molar refractivity (Wildman–Crippen MR) is 95.0 cm³/mol. The van der Waals surface area contributed by atoms with E-state index in [1.165, 1.54) is 23.7 Å². The maximum absolute atomic E-state index is 12.8. The first kappa shape index (κ1) is 16.5. The van der Waals surface area contributed by atoms with Gasteiger partial charge in [-0.3, -0.25) is 9.78 Å². The third-order valence-corrected chi connectivity index (χ3v) is 4.70. The van der Waals surface area contributed by atoms with Crippen LogP contribution < -0.4 is 5.32 Å². The van der Waals surface area contributed by atoms with Crippen molar-refractivity contribution in [2.75, 3.05) is 11.9 Å². The van der Waals surface area contributed by atoms with Gasteiger partial charge in [0, 0.05) is 25.0 Å². The number of likely N-dealkylation sites (tertiary alicyclic amines) is 1. The summed E-state index contributed by atoms with van der Waals surface area (Å²) in [5.41, 5.74) is 2.80. The lowest BCUT2D eigenvalue weighted by Crippen LogP contribution is -2.31. The van der Waals surface area contributed by atoms with Crippen molar-refractivity contribution in [2.24, 2.45) is 0 Å². The van der Waals surface area contributed by atoms with Crippen molar-refractivity contribution >= 4 is 28.2 Å². The van der Waals surface area contributed by atoms with Gasteiger partial charge in [0.2, 0.25) is 5.13 Å². The van der Waals surface area contributed by atoms with Crippen LogP contribution in [0.15, 0.2) is 30.2 Å². The minimum atomic E-state index is -0.129. The maximum Gasteiger partial charge on any atom is 0.274 e. The molecule has 3 aromatic heterocycles. The van der Waals surface area contributed by atoms with Gasteiger partial charge in [-0.05, 0) is 19.8 Å². The number of carbonyl (C=O) groups excluding carboxylic acids is 1. The van der Waals surface area contributed by atoms with Crippen molar-refractivity contribution in [1.82, 2.24) is 35.0 Å². The summed E-state index contributed by atoms with van der Waals surface area (Å²) in [7, 11) is 0. The van der Waals surface area contributed by atoms with Gasteiger partial charge in [-0.15, -0.1) is 10.2 Å². The van der Waals surface area contributed by atoms with Gasteiger partial charge in [-0.2, -0.15) is 0 Å². The molecule has 0 radical (unpaired) electrons. The lowest BCUT2D eigenvalue weighted by molar-refractivity contribution is 0.0726. The highest BCUT2D eigenvalue weighted by Gasteiger charge is 2.32.